The Morgan fingerprint density at radius 2 is 1.42 bits per heavy atom. The van der Waals surface area contributed by atoms with E-state index in [2.05, 4.69) is 20.0 Å². The van der Waals surface area contributed by atoms with Crippen LogP contribution in [0.2, 0.25) is 0 Å². The number of carboxylic acid groups (broad SMARTS) is 2. The minimum absolute atomic E-state index is 0. The number of hydrogen-bond donors (Lipinski definition) is 0. The molecule has 1 atom stereocenters. The van der Waals surface area contributed by atoms with Crippen molar-refractivity contribution in [2.24, 2.45) is 0 Å². The number of aryl methyl sites for hydroxylation is 1. The van der Waals surface area contributed by atoms with Crippen LogP contribution in [0.25, 0.3) is 21.4 Å². The van der Waals surface area contributed by atoms with Crippen LogP contribution in [0.5, 0.6) is 0 Å². The first kappa shape index (κ1) is 28.1. The normalized spacial score (nSPS) is 11.3. The van der Waals surface area contributed by atoms with Crippen LogP contribution in [-0.2, 0) is 40.7 Å². The SMILES string of the molecule is Cc1ccc(S(=O)(=O)[N-]C([N-]CC(=O)[O-])C(=O)[O-])cc1.[Pt+4].c1ccc(-c2ccccn2)nc1. The van der Waals surface area contributed by atoms with Gasteiger partial charge in [-0.15, -0.1) is 6.54 Å². The van der Waals surface area contributed by atoms with Gasteiger partial charge >= 0.3 is 21.1 Å². The molecular weight excluding hydrogens is 631 g/mol. The Hall–Kier alpha value is -2.98. The van der Waals surface area contributed by atoms with Crippen LogP contribution < -0.4 is 10.2 Å². The summed E-state index contributed by atoms with van der Waals surface area (Å²) in [5, 5.41) is 24.0. The van der Waals surface area contributed by atoms with Crippen molar-refractivity contribution in [1.29, 1.82) is 0 Å². The van der Waals surface area contributed by atoms with E-state index in [1.54, 1.807) is 19.3 Å². The third-order valence-corrected chi connectivity index (χ3v) is 5.10. The van der Waals surface area contributed by atoms with E-state index in [9.17, 15) is 28.2 Å². The molecule has 0 aliphatic rings. The van der Waals surface area contributed by atoms with Crippen molar-refractivity contribution in [3.8, 4) is 11.4 Å². The molecule has 1 unspecified atom stereocenters. The van der Waals surface area contributed by atoms with Crippen molar-refractivity contribution >= 4 is 22.0 Å². The number of hydrogen-bond acceptors (Lipinski definition) is 8. The predicted molar refractivity (Wildman–Crippen MR) is 111 cm³/mol. The molecular formula is C21H18N4O6PtS. The van der Waals surface area contributed by atoms with Crippen molar-refractivity contribution in [3.63, 3.8) is 0 Å². The summed E-state index contributed by atoms with van der Waals surface area (Å²) >= 11 is 0. The standard InChI is InChI=1S/C11H12N2O6S.C10H8N2.Pt/c1-7-2-4-8(5-3-7)20(18,19)13-10(11(16)17)12-6-9(14)15;1-3-7-11-9(5-1)10-6-2-4-8-12-10;/h2-5,10H,6H2,1H3,(H,14,15)(H,16,17);1-8H;/q-2;;+4/p-2. The van der Waals surface area contributed by atoms with E-state index in [4.69, 9.17) is 0 Å². The first-order chi connectivity index (χ1) is 15.2. The van der Waals surface area contributed by atoms with Crippen LogP contribution in [-0.4, -0.2) is 43.0 Å². The number of sulfonamides is 1. The van der Waals surface area contributed by atoms with Crippen molar-refractivity contribution in [2.45, 2.75) is 18.0 Å². The molecule has 33 heavy (non-hydrogen) atoms. The Morgan fingerprint density at radius 1 is 0.909 bits per heavy atom. The smallest absolute Gasteiger partial charge is 0.668 e. The summed E-state index contributed by atoms with van der Waals surface area (Å²) in [7, 11) is -4.27. The van der Waals surface area contributed by atoms with Crippen LogP contribution in [0, 0.1) is 6.92 Å². The number of carbonyl (C=O) groups is 2. The van der Waals surface area contributed by atoms with Crippen molar-refractivity contribution in [2.75, 3.05) is 6.54 Å². The van der Waals surface area contributed by atoms with Gasteiger partial charge in [-0.2, -0.15) is 6.17 Å². The number of rotatable bonds is 8. The summed E-state index contributed by atoms with van der Waals surface area (Å²) in [5.41, 5.74) is 2.64. The van der Waals surface area contributed by atoms with Gasteiger partial charge in [0.05, 0.1) is 11.4 Å². The number of benzene rings is 1. The van der Waals surface area contributed by atoms with Gasteiger partial charge < -0.3 is 29.8 Å². The molecule has 3 aromatic rings. The van der Waals surface area contributed by atoms with Crippen molar-refractivity contribution < 1.29 is 49.3 Å². The molecule has 0 amide bonds. The van der Waals surface area contributed by atoms with E-state index in [-0.39, 0.29) is 26.0 Å². The average Bonchev–Trinajstić information content (AvgIpc) is 2.78. The molecule has 0 spiro atoms. The zero-order chi connectivity index (χ0) is 23.6. The maximum Gasteiger partial charge on any atom is 4.00 e. The van der Waals surface area contributed by atoms with Gasteiger partial charge in [0.1, 0.15) is 10.0 Å². The molecule has 10 nitrogen and oxygen atoms in total. The van der Waals surface area contributed by atoms with Gasteiger partial charge in [-0.05, 0) is 43.3 Å². The number of aromatic nitrogens is 2. The van der Waals surface area contributed by atoms with Gasteiger partial charge in [-0.25, -0.2) is 8.42 Å². The number of pyridine rings is 2. The number of aliphatic carboxylic acids is 2. The third-order valence-electron chi connectivity index (χ3n) is 3.75. The minimum Gasteiger partial charge on any atom is -0.668 e. The predicted octanol–water partition coefficient (Wildman–Crippen LogP) is 0.398. The van der Waals surface area contributed by atoms with E-state index in [0.29, 0.717) is 0 Å². The molecule has 0 bridgehead atoms. The van der Waals surface area contributed by atoms with Gasteiger partial charge in [0.2, 0.25) is 0 Å². The van der Waals surface area contributed by atoms with Crippen molar-refractivity contribution in [3.05, 3.63) is 88.7 Å². The zero-order valence-corrected chi connectivity index (χ0v) is 20.3. The maximum absolute atomic E-state index is 11.8. The van der Waals surface area contributed by atoms with Gasteiger partial charge in [0.25, 0.3) is 0 Å². The topological polar surface area (TPSA) is 168 Å². The van der Waals surface area contributed by atoms with Gasteiger partial charge in [-0.1, -0.05) is 29.8 Å². The van der Waals surface area contributed by atoms with E-state index >= 15 is 0 Å². The second kappa shape index (κ2) is 13.5. The molecule has 0 N–H and O–H groups in total. The molecule has 0 saturated heterocycles. The fourth-order valence-electron chi connectivity index (χ4n) is 2.24. The van der Waals surface area contributed by atoms with E-state index in [1.165, 1.54) is 24.3 Å². The molecule has 0 aliphatic carbocycles. The van der Waals surface area contributed by atoms with Gasteiger partial charge in [-0.3, -0.25) is 9.97 Å². The molecule has 174 valence electrons. The second-order valence-electron chi connectivity index (χ2n) is 6.23. The van der Waals surface area contributed by atoms with Gasteiger partial charge in [0.15, 0.2) is 0 Å². The molecule has 0 saturated carbocycles. The molecule has 1 aromatic carbocycles. The zero-order valence-electron chi connectivity index (χ0n) is 17.2. The van der Waals surface area contributed by atoms with Crippen LogP contribution in [0.4, 0.5) is 0 Å². The monoisotopic (exact) mass is 649 g/mol. The average molecular weight is 650 g/mol. The van der Waals surface area contributed by atoms with E-state index < -0.39 is 34.7 Å². The maximum atomic E-state index is 11.8. The minimum atomic E-state index is -4.27. The van der Waals surface area contributed by atoms with Gasteiger partial charge in [0, 0.05) is 29.2 Å². The molecule has 12 heteroatoms. The first-order valence-corrected chi connectivity index (χ1v) is 10.6. The third kappa shape index (κ3) is 9.58. The summed E-state index contributed by atoms with van der Waals surface area (Å²) in [6, 6.07) is 17.1. The first-order valence-electron chi connectivity index (χ1n) is 9.12. The Bertz CT molecular complexity index is 1090. The van der Waals surface area contributed by atoms with Crippen LogP contribution in [0.15, 0.2) is 78.0 Å². The Labute approximate surface area is 205 Å². The quantitative estimate of drug-likeness (QED) is 0.338. The van der Waals surface area contributed by atoms with Crippen LogP contribution >= 0.6 is 0 Å². The molecule has 0 fully saturated rings. The Morgan fingerprint density at radius 3 is 1.82 bits per heavy atom. The van der Waals surface area contributed by atoms with Crippen LogP contribution in [0.1, 0.15) is 5.56 Å². The Kier molecular flexibility index (Phi) is 11.5. The van der Waals surface area contributed by atoms with Crippen molar-refractivity contribution in [1.82, 2.24) is 9.97 Å². The molecule has 2 heterocycles. The molecule has 3 rings (SSSR count). The summed E-state index contributed by atoms with van der Waals surface area (Å²) < 4.78 is 26.7. The summed E-state index contributed by atoms with van der Waals surface area (Å²) in [6.45, 7) is 0.748. The molecule has 0 radical (unpaired) electrons. The fourth-order valence-corrected chi connectivity index (χ4v) is 3.26. The summed E-state index contributed by atoms with van der Waals surface area (Å²) in [5.74, 6) is -3.57. The molecule has 2 aromatic heterocycles. The second-order valence-corrected chi connectivity index (χ2v) is 7.86. The van der Waals surface area contributed by atoms with Crippen LogP contribution in [0.3, 0.4) is 0 Å². The number of carbonyl (C=O) groups excluding carboxylic acids is 2. The summed E-state index contributed by atoms with van der Waals surface area (Å²) in [6.07, 6.45) is 1.41. The number of nitrogens with zero attached hydrogens (tertiary/aromatic N) is 4. The fraction of sp³-hybridized carbons (Fsp3) is 0.143. The van der Waals surface area contributed by atoms with E-state index in [0.717, 1.165) is 17.0 Å². The Balaban J connectivity index is 0.000000356. The molecule has 0 aliphatic heterocycles. The largest absolute Gasteiger partial charge is 4.00 e. The number of carboxylic acids is 2. The van der Waals surface area contributed by atoms with E-state index in [1.807, 2.05) is 36.4 Å². The summed E-state index contributed by atoms with van der Waals surface area (Å²) in [4.78, 5) is 29.0.